The van der Waals surface area contributed by atoms with Crippen molar-refractivity contribution in [1.29, 1.82) is 0 Å². The maximum Gasteiger partial charge on any atom is 0.349 e. The van der Waals surface area contributed by atoms with Crippen molar-refractivity contribution in [1.82, 2.24) is 4.98 Å². The molecule has 5 aromatic rings. The van der Waals surface area contributed by atoms with E-state index in [1.54, 1.807) is 24.4 Å². The Morgan fingerprint density at radius 1 is 1.00 bits per heavy atom. The van der Waals surface area contributed by atoms with E-state index in [1.807, 2.05) is 48.5 Å². The summed E-state index contributed by atoms with van der Waals surface area (Å²) in [6.07, 6.45) is 1.55. The zero-order valence-electron chi connectivity index (χ0n) is 16.7. The summed E-state index contributed by atoms with van der Waals surface area (Å²) < 4.78 is 8.07. The van der Waals surface area contributed by atoms with Gasteiger partial charge in [0, 0.05) is 14.3 Å². The number of carbonyl (C=O) groups excluding carboxylic acids is 1. The van der Waals surface area contributed by atoms with Crippen LogP contribution in [0.4, 0.5) is 5.13 Å². The monoisotopic (exact) mass is 581 g/mol. The van der Waals surface area contributed by atoms with Crippen LogP contribution in [-0.4, -0.2) is 17.1 Å². The molecular formula is C24H13Br2N3O3S. The molecule has 9 heteroatoms. The van der Waals surface area contributed by atoms with Crippen LogP contribution in [0, 0.1) is 0 Å². The number of anilines is 1. The highest BCUT2D eigenvalue weighted by Gasteiger charge is 2.25. The molecule has 0 aliphatic carbocycles. The van der Waals surface area contributed by atoms with Gasteiger partial charge in [0.15, 0.2) is 0 Å². The van der Waals surface area contributed by atoms with Gasteiger partial charge in [-0.15, -0.1) is 0 Å². The first kappa shape index (κ1) is 21.7. The summed E-state index contributed by atoms with van der Waals surface area (Å²) in [7, 11) is 0. The Morgan fingerprint density at radius 2 is 1.76 bits per heavy atom. The number of hydrogen-bond donors (Lipinski definition) is 0. The molecule has 0 saturated carbocycles. The zero-order valence-corrected chi connectivity index (χ0v) is 20.7. The standard InChI is InChI=1S/C24H13Br2N3O3S/c25-16-7-5-14(6-8-16)13-27-29(24-28-19-10-9-17(26)12-21(19)33-24)22(30)18-11-15-3-1-2-4-20(15)32-23(18)31/h1-13H/b27-13+. The number of thiazole rings is 1. The fourth-order valence-corrected chi connectivity index (χ4v) is 4.90. The fraction of sp³-hybridized carbons (Fsp3) is 0. The van der Waals surface area contributed by atoms with Gasteiger partial charge in [0.2, 0.25) is 5.13 Å². The minimum absolute atomic E-state index is 0.123. The van der Waals surface area contributed by atoms with Crippen LogP contribution in [-0.2, 0) is 0 Å². The minimum Gasteiger partial charge on any atom is -0.422 e. The number of fused-ring (bicyclic) bond motifs is 2. The van der Waals surface area contributed by atoms with Gasteiger partial charge in [0.25, 0.3) is 5.91 Å². The van der Waals surface area contributed by atoms with Gasteiger partial charge < -0.3 is 4.42 Å². The first-order valence-corrected chi connectivity index (χ1v) is 12.1. The number of hydrazone groups is 1. The first-order chi connectivity index (χ1) is 16.0. The van der Waals surface area contributed by atoms with Crippen LogP contribution in [0.3, 0.4) is 0 Å². The molecule has 1 amide bonds. The molecule has 33 heavy (non-hydrogen) atoms. The van der Waals surface area contributed by atoms with Gasteiger partial charge in [-0.3, -0.25) is 4.79 Å². The number of para-hydroxylation sites is 1. The quantitative estimate of drug-likeness (QED) is 0.136. The zero-order chi connectivity index (χ0) is 22.9. The Hall–Kier alpha value is -3.14. The lowest BCUT2D eigenvalue weighted by molar-refractivity contribution is 0.0984. The second kappa shape index (κ2) is 9.01. The second-order valence-corrected chi connectivity index (χ2v) is 9.85. The molecule has 162 valence electrons. The van der Waals surface area contributed by atoms with Crippen molar-refractivity contribution in [3.8, 4) is 0 Å². The number of aromatic nitrogens is 1. The first-order valence-electron chi connectivity index (χ1n) is 9.71. The van der Waals surface area contributed by atoms with E-state index in [1.165, 1.54) is 17.4 Å². The highest BCUT2D eigenvalue weighted by Crippen LogP contribution is 2.32. The van der Waals surface area contributed by atoms with E-state index in [0.717, 1.165) is 29.7 Å². The Bertz CT molecular complexity index is 1590. The smallest absolute Gasteiger partial charge is 0.349 e. The van der Waals surface area contributed by atoms with Crippen LogP contribution in [0.15, 0.2) is 96.1 Å². The Balaban J connectivity index is 1.62. The molecule has 0 saturated heterocycles. The van der Waals surface area contributed by atoms with Gasteiger partial charge in [-0.05, 0) is 48.0 Å². The third-order valence-electron chi connectivity index (χ3n) is 4.78. The molecule has 0 unspecified atom stereocenters. The lowest BCUT2D eigenvalue weighted by atomic mass is 10.2. The summed E-state index contributed by atoms with van der Waals surface area (Å²) >= 11 is 8.16. The summed E-state index contributed by atoms with van der Waals surface area (Å²) in [6, 6.07) is 21.7. The number of rotatable bonds is 4. The van der Waals surface area contributed by atoms with E-state index >= 15 is 0 Å². The molecular weight excluding hydrogens is 570 g/mol. The van der Waals surface area contributed by atoms with Gasteiger partial charge in [-0.25, -0.2) is 9.78 Å². The number of halogens is 2. The summed E-state index contributed by atoms with van der Waals surface area (Å²) in [4.78, 5) is 30.7. The van der Waals surface area contributed by atoms with Crippen molar-refractivity contribution in [3.63, 3.8) is 0 Å². The number of nitrogens with zero attached hydrogens (tertiary/aromatic N) is 3. The number of hydrogen-bond acceptors (Lipinski definition) is 6. The average Bonchev–Trinajstić information content (AvgIpc) is 3.22. The van der Waals surface area contributed by atoms with Crippen molar-refractivity contribution >= 4 is 81.6 Å². The molecule has 0 fully saturated rings. The largest absolute Gasteiger partial charge is 0.422 e. The van der Waals surface area contributed by atoms with Crippen LogP contribution in [0.1, 0.15) is 15.9 Å². The van der Waals surface area contributed by atoms with Crippen LogP contribution in [0.5, 0.6) is 0 Å². The predicted octanol–water partition coefficient (Wildman–Crippen LogP) is 6.61. The lowest BCUT2D eigenvalue weighted by Gasteiger charge is -2.13. The van der Waals surface area contributed by atoms with E-state index in [9.17, 15) is 9.59 Å². The Morgan fingerprint density at radius 3 is 2.58 bits per heavy atom. The number of carbonyl (C=O) groups is 1. The van der Waals surface area contributed by atoms with Gasteiger partial charge in [-0.2, -0.15) is 10.1 Å². The third kappa shape index (κ3) is 4.52. The fourth-order valence-electron chi connectivity index (χ4n) is 3.16. The van der Waals surface area contributed by atoms with Crippen molar-refractivity contribution in [2.45, 2.75) is 0 Å². The summed E-state index contributed by atoms with van der Waals surface area (Å²) in [6.45, 7) is 0. The van der Waals surface area contributed by atoms with E-state index in [-0.39, 0.29) is 5.56 Å². The van der Waals surface area contributed by atoms with Gasteiger partial charge in [0.05, 0.1) is 16.4 Å². The molecule has 0 radical (unpaired) electrons. The Kier molecular flexibility index (Phi) is 5.92. The molecule has 2 aromatic heterocycles. The van der Waals surface area contributed by atoms with Gasteiger partial charge >= 0.3 is 5.63 Å². The molecule has 0 aliphatic heterocycles. The van der Waals surface area contributed by atoms with Crippen LogP contribution >= 0.6 is 43.2 Å². The SMILES string of the molecule is O=C(c1cc2ccccc2oc1=O)N(/N=C/c1ccc(Br)cc1)c1nc2ccc(Br)cc2s1. The molecule has 0 atom stereocenters. The molecule has 0 aliphatic rings. The highest BCUT2D eigenvalue weighted by atomic mass is 79.9. The van der Waals surface area contributed by atoms with Crippen molar-refractivity contribution in [3.05, 3.63) is 103 Å². The van der Waals surface area contributed by atoms with E-state index in [0.29, 0.717) is 16.1 Å². The van der Waals surface area contributed by atoms with E-state index < -0.39 is 11.5 Å². The van der Waals surface area contributed by atoms with Crippen molar-refractivity contribution in [2.75, 3.05) is 5.01 Å². The molecule has 2 heterocycles. The van der Waals surface area contributed by atoms with Gasteiger partial charge in [-0.1, -0.05) is 73.5 Å². The molecule has 5 rings (SSSR count). The summed E-state index contributed by atoms with van der Waals surface area (Å²) in [5.74, 6) is -0.624. The van der Waals surface area contributed by atoms with Crippen LogP contribution < -0.4 is 10.6 Å². The molecule has 3 aromatic carbocycles. The maximum atomic E-state index is 13.5. The average molecular weight is 583 g/mol. The summed E-state index contributed by atoms with van der Waals surface area (Å²) in [5.41, 5.74) is 1.06. The summed E-state index contributed by atoms with van der Waals surface area (Å²) in [5, 5.41) is 6.53. The molecule has 0 N–H and O–H groups in total. The number of amides is 1. The number of benzene rings is 3. The van der Waals surface area contributed by atoms with Crippen LogP contribution in [0.2, 0.25) is 0 Å². The highest BCUT2D eigenvalue weighted by molar-refractivity contribution is 9.10. The van der Waals surface area contributed by atoms with Crippen molar-refractivity contribution < 1.29 is 9.21 Å². The van der Waals surface area contributed by atoms with Crippen LogP contribution in [0.25, 0.3) is 21.2 Å². The maximum absolute atomic E-state index is 13.5. The molecule has 0 spiro atoms. The molecule has 0 bridgehead atoms. The topological polar surface area (TPSA) is 75.8 Å². The van der Waals surface area contributed by atoms with Gasteiger partial charge in [0.1, 0.15) is 11.1 Å². The van der Waals surface area contributed by atoms with Crippen molar-refractivity contribution in [2.24, 2.45) is 5.10 Å². The third-order valence-corrected chi connectivity index (χ3v) is 6.79. The second-order valence-electron chi connectivity index (χ2n) is 7.01. The van der Waals surface area contributed by atoms with E-state index in [4.69, 9.17) is 4.42 Å². The molecule has 6 nitrogen and oxygen atoms in total. The van der Waals surface area contributed by atoms with E-state index in [2.05, 4.69) is 41.9 Å². The Labute approximate surface area is 208 Å². The normalized spacial score (nSPS) is 11.5. The lowest BCUT2D eigenvalue weighted by Crippen LogP contribution is -2.30. The minimum atomic E-state index is -0.730. The predicted molar refractivity (Wildman–Crippen MR) is 138 cm³/mol.